The Morgan fingerprint density at radius 3 is 2.59 bits per heavy atom. The van der Waals surface area contributed by atoms with Crippen LogP contribution in [0.4, 0.5) is 17.3 Å². The molecule has 0 radical (unpaired) electrons. The second kappa shape index (κ2) is 11.0. The highest BCUT2D eigenvalue weighted by Crippen LogP contribution is 2.40. The first-order valence-corrected chi connectivity index (χ1v) is 13.2. The quantitative estimate of drug-likeness (QED) is 0.464. The van der Waals surface area contributed by atoms with Crippen LogP contribution in [0.15, 0.2) is 42.7 Å². The minimum atomic E-state index is 0.137. The van der Waals surface area contributed by atoms with Crippen LogP contribution in [0.5, 0.6) is 0 Å². The van der Waals surface area contributed by atoms with Crippen molar-refractivity contribution in [3.05, 3.63) is 54.1 Å². The maximum absolute atomic E-state index is 12.4. The van der Waals surface area contributed by atoms with Crippen LogP contribution in [0, 0.1) is 16.7 Å². The van der Waals surface area contributed by atoms with Crippen LogP contribution in [0.3, 0.4) is 0 Å². The second-order valence-electron chi connectivity index (χ2n) is 10.4. The largest absolute Gasteiger partial charge is 0.380 e. The Morgan fingerprint density at radius 1 is 1.03 bits per heavy atom. The first kappa shape index (κ1) is 25.3. The summed E-state index contributed by atoms with van der Waals surface area (Å²) < 4.78 is 10.8. The summed E-state index contributed by atoms with van der Waals surface area (Å²) in [6.07, 6.45) is 4.68. The molecule has 0 unspecified atom stereocenters. The highest BCUT2D eigenvalue weighted by atomic mass is 16.5. The molecule has 3 fully saturated rings. The number of pyridine rings is 2. The summed E-state index contributed by atoms with van der Waals surface area (Å²) in [4.78, 5) is 34.7. The van der Waals surface area contributed by atoms with E-state index in [4.69, 9.17) is 9.47 Å². The molecule has 11 nitrogen and oxygen atoms in total. The molecular formula is C28H30N8O3. The van der Waals surface area contributed by atoms with Gasteiger partial charge in [-0.05, 0) is 36.8 Å². The smallest absolute Gasteiger partial charge is 0.227 e. The number of hydrogen-bond donors (Lipinski definition) is 1. The van der Waals surface area contributed by atoms with Crippen LogP contribution in [0.1, 0.15) is 17.8 Å². The van der Waals surface area contributed by atoms with Crippen molar-refractivity contribution in [3.63, 3.8) is 0 Å². The highest BCUT2D eigenvalue weighted by molar-refractivity contribution is 5.82. The Hall–Kier alpha value is -3.98. The molecule has 3 aromatic heterocycles. The van der Waals surface area contributed by atoms with E-state index in [0.29, 0.717) is 54.9 Å². The number of nitrogens with one attached hydrogen (secondary N) is 1. The maximum Gasteiger partial charge on any atom is 0.227 e. The van der Waals surface area contributed by atoms with Gasteiger partial charge in [-0.1, -0.05) is 0 Å². The lowest BCUT2D eigenvalue weighted by atomic mass is 9.85. The molecule has 0 aliphatic carbocycles. The molecule has 3 saturated heterocycles. The van der Waals surface area contributed by atoms with Gasteiger partial charge in [0.2, 0.25) is 5.95 Å². The number of hydrogen-bond acceptors (Lipinski definition) is 11. The summed E-state index contributed by atoms with van der Waals surface area (Å²) in [6.45, 7) is 6.70. The summed E-state index contributed by atoms with van der Waals surface area (Å²) >= 11 is 0. The van der Waals surface area contributed by atoms with E-state index in [2.05, 4.69) is 41.1 Å². The number of carbonyl (C=O) groups is 1. The first-order valence-electron chi connectivity index (χ1n) is 13.2. The van der Waals surface area contributed by atoms with Gasteiger partial charge in [0.15, 0.2) is 11.5 Å². The summed E-state index contributed by atoms with van der Waals surface area (Å²) in [5.41, 5.74) is 4.11. The van der Waals surface area contributed by atoms with Crippen molar-refractivity contribution in [2.24, 2.45) is 5.41 Å². The van der Waals surface area contributed by atoms with Crippen molar-refractivity contribution < 1.29 is 14.3 Å². The molecule has 11 heteroatoms. The minimum absolute atomic E-state index is 0.137. The van der Waals surface area contributed by atoms with E-state index in [1.54, 1.807) is 18.5 Å². The monoisotopic (exact) mass is 526 g/mol. The van der Waals surface area contributed by atoms with Crippen molar-refractivity contribution in [2.75, 3.05) is 69.4 Å². The molecule has 0 aromatic carbocycles. The van der Waals surface area contributed by atoms with Crippen molar-refractivity contribution >= 4 is 23.1 Å². The Labute approximate surface area is 226 Å². The first-order chi connectivity index (χ1) is 19.1. The van der Waals surface area contributed by atoms with Gasteiger partial charge in [-0.15, -0.1) is 0 Å². The zero-order chi connectivity index (χ0) is 26.7. The molecule has 0 bridgehead atoms. The van der Waals surface area contributed by atoms with E-state index in [1.807, 2.05) is 24.3 Å². The third-order valence-electron chi connectivity index (χ3n) is 7.46. The molecule has 0 saturated carbocycles. The minimum Gasteiger partial charge on any atom is -0.380 e. The molecule has 6 heterocycles. The zero-order valence-electron chi connectivity index (χ0n) is 21.7. The summed E-state index contributed by atoms with van der Waals surface area (Å²) in [7, 11) is 0. The fraction of sp³-hybridized carbons (Fsp3) is 0.429. The van der Waals surface area contributed by atoms with Gasteiger partial charge in [0.05, 0.1) is 68.4 Å². The van der Waals surface area contributed by atoms with E-state index in [9.17, 15) is 10.1 Å². The molecule has 3 aliphatic heterocycles. The van der Waals surface area contributed by atoms with Gasteiger partial charge in [0, 0.05) is 43.5 Å². The van der Waals surface area contributed by atoms with Gasteiger partial charge in [-0.2, -0.15) is 5.26 Å². The van der Waals surface area contributed by atoms with Crippen molar-refractivity contribution in [1.29, 1.82) is 5.26 Å². The van der Waals surface area contributed by atoms with Crippen molar-refractivity contribution in [2.45, 2.75) is 12.8 Å². The molecule has 1 spiro atoms. The number of nitriles is 1. The van der Waals surface area contributed by atoms with Gasteiger partial charge >= 0.3 is 0 Å². The van der Waals surface area contributed by atoms with Crippen LogP contribution in [0.2, 0.25) is 0 Å². The predicted molar refractivity (Wildman–Crippen MR) is 144 cm³/mol. The molecule has 200 valence electrons. The van der Waals surface area contributed by atoms with E-state index >= 15 is 0 Å². The Balaban J connectivity index is 1.10. The van der Waals surface area contributed by atoms with Crippen LogP contribution in [-0.2, 0) is 20.7 Å². The van der Waals surface area contributed by atoms with E-state index in [1.165, 1.54) is 0 Å². The SMILES string of the molecule is N#Cc1nc(-c2ccnc(Nc3ccc(CC(=O)CN4CCOCC4)nc3)n2)ccc1N1CCC2(COC2)C1. The maximum atomic E-state index is 12.4. The molecule has 6 rings (SSSR count). The average Bonchev–Trinajstić information content (AvgIpc) is 3.41. The van der Waals surface area contributed by atoms with E-state index < -0.39 is 0 Å². The molecule has 0 atom stereocenters. The van der Waals surface area contributed by atoms with Crippen LogP contribution in [0.25, 0.3) is 11.4 Å². The Bertz CT molecular complexity index is 1380. The highest BCUT2D eigenvalue weighted by Gasteiger charge is 2.44. The summed E-state index contributed by atoms with van der Waals surface area (Å²) in [5.74, 6) is 0.527. The van der Waals surface area contributed by atoms with Gasteiger partial charge in [0.25, 0.3) is 0 Å². The standard InChI is InChI=1S/C28H30N8O3/c29-14-25-26(36-8-6-28(17-36)18-39-19-28)4-3-23(33-25)24-5-7-30-27(34-24)32-21-2-1-20(31-15-21)13-22(37)16-35-9-11-38-12-10-35/h1-5,7,15H,6,8-13,16-19H2,(H,30,32,34). The topological polar surface area (TPSA) is 129 Å². The second-order valence-corrected chi connectivity index (χ2v) is 10.4. The number of ketones is 1. The number of morpholine rings is 1. The number of carbonyl (C=O) groups excluding carboxylic acids is 1. The molecular weight excluding hydrogens is 496 g/mol. The summed E-state index contributed by atoms with van der Waals surface area (Å²) in [5, 5.41) is 13.0. The fourth-order valence-corrected chi connectivity index (χ4v) is 5.26. The van der Waals surface area contributed by atoms with Crippen LogP contribution in [-0.4, -0.2) is 89.8 Å². The molecule has 39 heavy (non-hydrogen) atoms. The lowest BCUT2D eigenvalue weighted by Crippen LogP contribution is -2.44. The number of aromatic nitrogens is 4. The molecule has 1 N–H and O–H groups in total. The Morgan fingerprint density at radius 2 is 1.87 bits per heavy atom. The average molecular weight is 527 g/mol. The van der Waals surface area contributed by atoms with Crippen molar-refractivity contribution in [1.82, 2.24) is 24.8 Å². The number of ether oxygens (including phenoxy) is 2. The van der Waals surface area contributed by atoms with Crippen LogP contribution >= 0.6 is 0 Å². The Kier molecular flexibility index (Phi) is 7.15. The van der Waals surface area contributed by atoms with Gasteiger partial charge in [-0.25, -0.2) is 15.0 Å². The number of Topliss-reactive ketones (excluding diaryl/α,β-unsaturated/α-hetero) is 1. The van der Waals surface area contributed by atoms with Crippen molar-refractivity contribution in [3.8, 4) is 17.5 Å². The van der Waals surface area contributed by atoms with Gasteiger partial charge < -0.3 is 19.7 Å². The lowest BCUT2D eigenvalue weighted by molar-refractivity contribution is -0.120. The number of rotatable bonds is 8. The van der Waals surface area contributed by atoms with Gasteiger partial charge in [0.1, 0.15) is 6.07 Å². The number of anilines is 3. The van der Waals surface area contributed by atoms with Crippen LogP contribution < -0.4 is 10.2 Å². The summed E-state index contributed by atoms with van der Waals surface area (Å²) in [6, 6.07) is 11.6. The van der Waals surface area contributed by atoms with Gasteiger partial charge in [-0.3, -0.25) is 14.7 Å². The third kappa shape index (κ3) is 5.73. The number of nitrogens with zero attached hydrogens (tertiary/aromatic N) is 7. The molecule has 0 amide bonds. The normalized spacial score (nSPS) is 18.5. The lowest BCUT2D eigenvalue weighted by Gasteiger charge is -2.37. The molecule has 3 aliphatic rings. The van der Waals surface area contributed by atoms with E-state index in [-0.39, 0.29) is 11.2 Å². The predicted octanol–water partition coefficient (Wildman–Crippen LogP) is 2.22. The third-order valence-corrected chi connectivity index (χ3v) is 7.46. The zero-order valence-corrected chi connectivity index (χ0v) is 21.7. The fourth-order valence-electron chi connectivity index (χ4n) is 5.26. The molecule has 3 aromatic rings. The van der Waals surface area contributed by atoms with E-state index in [0.717, 1.165) is 57.2 Å².